The molecule has 2 N–H and O–H groups in total. The maximum atomic E-state index is 12.4. The van der Waals surface area contributed by atoms with Gasteiger partial charge in [0, 0.05) is 12.1 Å². The largest absolute Gasteiger partial charge is 0.494 e. The van der Waals surface area contributed by atoms with Crippen molar-refractivity contribution in [2.75, 3.05) is 12.4 Å². The van der Waals surface area contributed by atoms with Crippen LogP contribution < -0.4 is 15.4 Å². The highest BCUT2D eigenvalue weighted by molar-refractivity contribution is 5.96. The molecule has 0 spiro atoms. The lowest BCUT2D eigenvalue weighted by atomic mass is 10.1. The summed E-state index contributed by atoms with van der Waals surface area (Å²) in [4.78, 5) is 22.7. The standard InChI is InChI=1S/C18H21N3O4/c1-12(14-7-5-4-6-8-14)19-13(2)18(22)20-16-10-9-15(21(23)24)11-17(16)25-3/h4-13,19H,1-3H3,(H,20,22)/t12-,13+/m0/s1. The highest BCUT2D eigenvalue weighted by Crippen LogP contribution is 2.29. The Bertz CT molecular complexity index is 749. The topological polar surface area (TPSA) is 93.5 Å². The summed E-state index contributed by atoms with van der Waals surface area (Å²) >= 11 is 0. The summed E-state index contributed by atoms with van der Waals surface area (Å²) in [7, 11) is 1.40. The number of carbonyl (C=O) groups is 1. The van der Waals surface area contributed by atoms with Crippen LogP contribution in [0.15, 0.2) is 48.5 Å². The van der Waals surface area contributed by atoms with E-state index in [9.17, 15) is 14.9 Å². The summed E-state index contributed by atoms with van der Waals surface area (Å²) in [6.07, 6.45) is 0. The van der Waals surface area contributed by atoms with Gasteiger partial charge in [-0.15, -0.1) is 0 Å². The molecule has 0 aromatic heterocycles. The van der Waals surface area contributed by atoms with Crippen LogP contribution in [-0.4, -0.2) is 24.0 Å². The van der Waals surface area contributed by atoms with E-state index in [1.165, 1.54) is 25.3 Å². The van der Waals surface area contributed by atoms with E-state index in [-0.39, 0.29) is 23.4 Å². The molecule has 0 aliphatic heterocycles. The van der Waals surface area contributed by atoms with Crippen LogP contribution in [0.4, 0.5) is 11.4 Å². The van der Waals surface area contributed by atoms with Crippen LogP contribution in [0.3, 0.4) is 0 Å². The fourth-order valence-electron chi connectivity index (χ4n) is 2.43. The first-order valence-electron chi connectivity index (χ1n) is 7.86. The van der Waals surface area contributed by atoms with Crippen molar-refractivity contribution < 1.29 is 14.5 Å². The van der Waals surface area contributed by atoms with E-state index in [0.29, 0.717) is 5.69 Å². The Morgan fingerprint density at radius 1 is 1.16 bits per heavy atom. The van der Waals surface area contributed by atoms with Gasteiger partial charge in [0.05, 0.1) is 29.8 Å². The number of rotatable bonds is 7. The molecule has 0 saturated carbocycles. The van der Waals surface area contributed by atoms with Gasteiger partial charge in [-0.3, -0.25) is 20.2 Å². The summed E-state index contributed by atoms with van der Waals surface area (Å²) < 4.78 is 5.13. The zero-order valence-corrected chi connectivity index (χ0v) is 14.4. The minimum absolute atomic E-state index is 0.000654. The van der Waals surface area contributed by atoms with Crippen LogP contribution in [0.25, 0.3) is 0 Å². The van der Waals surface area contributed by atoms with E-state index >= 15 is 0 Å². The van der Waals surface area contributed by atoms with Crippen LogP contribution >= 0.6 is 0 Å². The van der Waals surface area contributed by atoms with Crippen molar-refractivity contribution in [3.63, 3.8) is 0 Å². The van der Waals surface area contributed by atoms with Gasteiger partial charge in [0.2, 0.25) is 5.91 Å². The van der Waals surface area contributed by atoms with Crippen LogP contribution in [-0.2, 0) is 4.79 Å². The lowest BCUT2D eigenvalue weighted by Crippen LogP contribution is -2.39. The number of nitro benzene ring substituents is 1. The van der Waals surface area contributed by atoms with Crippen molar-refractivity contribution in [1.29, 1.82) is 0 Å². The lowest BCUT2D eigenvalue weighted by Gasteiger charge is -2.20. The molecule has 2 aromatic rings. The molecule has 7 nitrogen and oxygen atoms in total. The van der Waals surface area contributed by atoms with Crippen LogP contribution in [0.1, 0.15) is 25.5 Å². The number of anilines is 1. The summed E-state index contributed by atoms with van der Waals surface area (Å²) in [6.45, 7) is 3.73. The van der Waals surface area contributed by atoms with E-state index < -0.39 is 11.0 Å². The Kier molecular flexibility index (Phi) is 6.08. The fraction of sp³-hybridized carbons (Fsp3) is 0.278. The Morgan fingerprint density at radius 3 is 2.44 bits per heavy atom. The third-order valence-corrected chi connectivity index (χ3v) is 3.85. The molecular weight excluding hydrogens is 322 g/mol. The molecule has 0 bridgehead atoms. The van der Waals surface area contributed by atoms with Gasteiger partial charge in [-0.1, -0.05) is 30.3 Å². The second kappa shape index (κ2) is 8.25. The van der Waals surface area contributed by atoms with E-state index in [1.54, 1.807) is 6.92 Å². The molecule has 0 saturated heterocycles. The van der Waals surface area contributed by atoms with Gasteiger partial charge in [-0.05, 0) is 25.5 Å². The molecule has 0 heterocycles. The first kappa shape index (κ1) is 18.4. The summed E-state index contributed by atoms with van der Waals surface area (Å²) in [6, 6.07) is 13.4. The number of hydrogen-bond donors (Lipinski definition) is 2. The third kappa shape index (κ3) is 4.77. The van der Waals surface area contributed by atoms with Crippen LogP contribution in [0, 0.1) is 10.1 Å². The van der Waals surface area contributed by atoms with E-state index in [2.05, 4.69) is 10.6 Å². The molecule has 2 aromatic carbocycles. The molecule has 1 amide bonds. The number of carbonyl (C=O) groups excluding carboxylic acids is 1. The Morgan fingerprint density at radius 2 is 1.84 bits per heavy atom. The number of amides is 1. The number of benzene rings is 2. The van der Waals surface area contributed by atoms with Gasteiger partial charge in [0.1, 0.15) is 5.75 Å². The number of methoxy groups -OCH3 is 1. The number of hydrogen-bond acceptors (Lipinski definition) is 5. The predicted octanol–water partition coefficient (Wildman–Crippen LogP) is 3.28. The fourth-order valence-corrected chi connectivity index (χ4v) is 2.43. The first-order chi connectivity index (χ1) is 11.9. The first-order valence-corrected chi connectivity index (χ1v) is 7.86. The van der Waals surface area contributed by atoms with Crippen molar-refractivity contribution in [1.82, 2.24) is 5.32 Å². The average Bonchev–Trinajstić information content (AvgIpc) is 2.62. The van der Waals surface area contributed by atoms with Crippen molar-refractivity contribution in [2.45, 2.75) is 25.9 Å². The highest BCUT2D eigenvalue weighted by Gasteiger charge is 2.19. The van der Waals surface area contributed by atoms with Gasteiger partial charge < -0.3 is 10.1 Å². The number of nitrogens with one attached hydrogen (secondary N) is 2. The van der Waals surface area contributed by atoms with Gasteiger partial charge in [0.25, 0.3) is 5.69 Å². The maximum Gasteiger partial charge on any atom is 0.273 e. The molecule has 7 heteroatoms. The third-order valence-electron chi connectivity index (χ3n) is 3.85. The van der Waals surface area contributed by atoms with Crippen molar-refractivity contribution in [2.24, 2.45) is 0 Å². The molecule has 2 atom stereocenters. The molecular formula is C18H21N3O4. The Balaban J connectivity index is 2.04. The zero-order chi connectivity index (χ0) is 18.4. The predicted molar refractivity (Wildman–Crippen MR) is 95.7 cm³/mol. The Labute approximate surface area is 146 Å². The molecule has 0 fully saturated rings. The number of nitro groups is 1. The minimum Gasteiger partial charge on any atom is -0.494 e. The monoisotopic (exact) mass is 343 g/mol. The molecule has 25 heavy (non-hydrogen) atoms. The zero-order valence-electron chi connectivity index (χ0n) is 14.4. The molecule has 0 aliphatic rings. The second-order valence-electron chi connectivity index (χ2n) is 5.65. The molecule has 132 valence electrons. The summed E-state index contributed by atoms with van der Waals surface area (Å²) in [5.41, 5.74) is 1.37. The summed E-state index contributed by atoms with van der Waals surface area (Å²) in [5, 5.41) is 16.8. The normalized spacial score (nSPS) is 12.9. The number of nitrogens with zero attached hydrogens (tertiary/aromatic N) is 1. The maximum absolute atomic E-state index is 12.4. The van der Waals surface area contributed by atoms with E-state index in [0.717, 1.165) is 5.56 Å². The van der Waals surface area contributed by atoms with Gasteiger partial charge in [0.15, 0.2) is 0 Å². The van der Waals surface area contributed by atoms with Gasteiger partial charge >= 0.3 is 0 Å². The molecule has 2 rings (SSSR count). The SMILES string of the molecule is COc1cc([N+](=O)[O-])ccc1NC(=O)[C@@H](C)N[C@@H](C)c1ccccc1. The highest BCUT2D eigenvalue weighted by atomic mass is 16.6. The molecule has 0 unspecified atom stereocenters. The quantitative estimate of drug-likeness (QED) is 0.594. The number of ether oxygens (including phenoxy) is 1. The Hall–Kier alpha value is -2.93. The van der Waals surface area contributed by atoms with E-state index in [4.69, 9.17) is 4.74 Å². The van der Waals surface area contributed by atoms with Crippen molar-refractivity contribution >= 4 is 17.3 Å². The van der Waals surface area contributed by atoms with Crippen LogP contribution in [0.2, 0.25) is 0 Å². The van der Waals surface area contributed by atoms with Crippen molar-refractivity contribution in [3.05, 3.63) is 64.2 Å². The summed E-state index contributed by atoms with van der Waals surface area (Å²) in [5.74, 6) is -0.0132. The average molecular weight is 343 g/mol. The minimum atomic E-state index is -0.514. The molecule has 0 aliphatic carbocycles. The molecule has 0 radical (unpaired) electrons. The van der Waals surface area contributed by atoms with Gasteiger partial charge in [-0.25, -0.2) is 0 Å². The second-order valence-corrected chi connectivity index (χ2v) is 5.65. The van der Waals surface area contributed by atoms with Crippen molar-refractivity contribution in [3.8, 4) is 5.75 Å². The number of non-ortho nitro benzene ring substituents is 1. The smallest absolute Gasteiger partial charge is 0.273 e. The van der Waals surface area contributed by atoms with E-state index in [1.807, 2.05) is 37.3 Å². The van der Waals surface area contributed by atoms with Crippen LogP contribution in [0.5, 0.6) is 5.75 Å². The lowest BCUT2D eigenvalue weighted by molar-refractivity contribution is -0.384. The van der Waals surface area contributed by atoms with Gasteiger partial charge in [-0.2, -0.15) is 0 Å².